The fraction of sp³-hybridized carbons (Fsp3) is 0.346. The Balaban J connectivity index is 1.37. The zero-order valence-corrected chi connectivity index (χ0v) is 21.9. The van der Waals surface area contributed by atoms with Crippen LogP contribution in [-0.4, -0.2) is 52.3 Å². The molecule has 0 bridgehead atoms. The Kier molecular flexibility index (Phi) is 6.72. The van der Waals surface area contributed by atoms with Gasteiger partial charge >= 0.3 is 0 Å². The van der Waals surface area contributed by atoms with Gasteiger partial charge in [-0.1, -0.05) is 23.2 Å². The molecule has 5 rings (SSSR count). The molecule has 4 heterocycles. The van der Waals surface area contributed by atoms with Crippen LogP contribution in [0.15, 0.2) is 36.8 Å². The molecule has 3 aromatic rings. The fourth-order valence-electron chi connectivity index (χ4n) is 4.90. The zero-order valence-electron chi connectivity index (χ0n) is 20.4. The van der Waals surface area contributed by atoms with Gasteiger partial charge in [0.15, 0.2) is 23.2 Å². The van der Waals surface area contributed by atoms with E-state index in [1.807, 2.05) is 4.90 Å². The van der Waals surface area contributed by atoms with Crippen LogP contribution in [0.4, 0.5) is 20.3 Å². The maximum atomic E-state index is 15.6. The van der Waals surface area contributed by atoms with Crippen LogP contribution in [0.3, 0.4) is 0 Å². The molecule has 11 heteroatoms. The molecule has 0 unspecified atom stereocenters. The van der Waals surface area contributed by atoms with E-state index in [2.05, 4.69) is 21.8 Å². The zero-order chi connectivity index (χ0) is 26.5. The summed E-state index contributed by atoms with van der Waals surface area (Å²) < 4.78 is 36.4. The number of hydrogen-bond acceptors (Lipinski definition) is 7. The van der Waals surface area contributed by atoms with Gasteiger partial charge in [0.25, 0.3) is 0 Å². The van der Waals surface area contributed by atoms with Gasteiger partial charge in [0, 0.05) is 61.6 Å². The quantitative estimate of drug-likeness (QED) is 0.301. The molecule has 2 aliphatic rings. The van der Waals surface area contributed by atoms with Gasteiger partial charge in [0.05, 0.1) is 26.9 Å². The number of anilines is 2. The van der Waals surface area contributed by atoms with Crippen LogP contribution in [0.5, 0.6) is 5.75 Å². The maximum Gasteiger partial charge on any atom is 0.176 e. The van der Waals surface area contributed by atoms with Crippen molar-refractivity contribution in [3.05, 3.63) is 75.2 Å². The summed E-state index contributed by atoms with van der Waals surface area (Å²) in [5.74, 6) is -1.35. The average Bonchev–Trinajstić information content (AvgIpc) is 2.78. The number of likely N-dealkylation sites (tertiary alicyclic amines) is 1. The molecule has 2 saturated heterocycles. The second-order valence-electron chi connectivity index (χ2n) is 9.72. The lowest BCUT2D eigenvalue weighted by Gasteiger charge is -2.57. The van der Waals surface area contributed by atoms with Crippen molar-refractivity contribution < 1.29 is 13.5 Å². The minimum atomic E-state index is -0.851. The average molecular weight is 547 g/mol. The van der Waals surface area contributed by atoms with Crippen molar-refractivity contribution in [2.45, 2.75) is 31.9 Å². The molecule has 0 amide bonds. The molecule has 1 atom stereocenters. The molecule has 2 aromatic heterocycles. The summed E-state index contributed by atoms with van der Waals surface area (Å²) in [6, 6.07) is 3.98. The Morgan fingerprint density at radius 2 is 1.84 bits per heavy atom. The van der Waals surface area contributed by atoms with Crippen molar-refractivity contribution in [1.29, 1.82) is 5.41 Å². The highest BCUT2D eigenvalue weighted by molar-refractivity contribution is 6.35. The standard InChI is InChI=1S/C26H26Cl2F2N6O/c1-14(21-16(27)10-33-11-17(21)28)37-20-5-4-19(31)22(23(20)30)24(32)15-8-18(29)25(34-9-15)35-12-26(2,13-35)36-6-3-7-36/h4-5,8-11,14,32H,3,6-7,12-13,31H2,1-2H3/t14-/m1/s1. The van der Waals surface area contributed by atoms with Crippen LogP contribution >= 0.6 is 23.2 Å². The number of nitrogens with zero attached hydrogens (tertiary/aromatic N) is 4. The molecule has 0 radical (unpaired) electrons. The number of nitrogens with one attached hydrogen (secondary N) is 1. The fourth-order valence-corrected chi connectivity index (χ4v) is 5.57. The third-order valence-corrected chi connectivity index (χ3v) is 7.68. The second-order valence-corrected chi connectivity index (χ2v) is 10.5. The highest BCUT2D eigenvalue weighted by Gasteiger charge is 2.46. The van der Waals surface area contributed by atoms with E-state index in [4.69, 9.17) is 39.1 Å². The lowest BCUT2D eigenvalue weighted by Crippen LogP contribution is -2.71. The summed E-state index contributed by atoms with van der Waals surface area (Å²) in [4.78, 5) is 12.4. The van der Waals surface area contributed by atoms with Crippen molar-refractivity contribution >= 4 is 40.4 Å². The van der Waals surface area contributed by atoms with Crippen LogP contribution in [-0.2, 0) is 0 Å². The summed E-state index contributed by atoms with van der Waals surface area (Å²) in [6.07, 6.45) is 4.67. The number of nitrogen functional groups attached to an aromatic ring is 1. The van der Waals surface area contributed by atoms with Gasteiger partial charge in [0.2, 0.25) is 0 Å². The summed E-state index contributed by atoms with van der Waals surface area (Å²) in [7, 11) is 0. The van der Waals surface area contributed by atoms with Crippen LogP contribution in [0, 0.1) is 17.0 Å². The van der Waals surface area contributed by atoms with E-state index in [0.29, 0.717) is 18.7 Å². The predicted molar refractivity (Wildman–Crippen MR) is 141 cm³/mol. The van der Waals surface area contributed by atoms with E-state index in [1.54, 1.807) is 6.92 Å². The topological polar surface area (TPSA) is 91.4 Å². The first kappa shape index (κ1) is 25.6. The van der Waals surface area contributed by atoms with Gasteiger partial charge in [0.1, 0.15) is 6.10 Å². The SMILES string of the molecule is C[C@@H](Oc1ccc(N)c(C(=N)c2cnc(N3CC(C)(N4CCC4)C3)c(F)c2)c1F)c1c(Cl)cncc1Cl. The van der Waals surface area contributed by atoms with Crippen molar-refractivity contribution in [2.24, 2.45) is 0 Å². The molecule has 0 spiro atoms. The number of rotatable bonds is 7. The maximum absolute atomic E-state index is 15.6. The molecule has 37 heavy (non-hydrogen) atoms. The Morgan fingerprint density at radius 1 is 1.16 bits per heavy atom. The second kappa shape index (κ2) is 9.70. The first-order valence-electron chi connectivity index (χ1n) is 11.9. The molecule has 3 N–H and O–H groups in total. The number of pyridine rings is 2. The number of hydrogen-bond donors (Lipinski definition) is 2. The van der Waals surface area contributed by atoms with Gasteiger partial charge in [-0.05, 0) is 38.5 Å². The Morgan fingerprint density at radius 3 is 2.43 bits per heavy atom. The van der Waals surface area contributed by atoms with Crippen molar-refractivity contribution in [1.82, 2.24) is 14.9 Å². The molecule has 7 nitrogen and oxygen atoms in total. The monoisotopic (exact) mass is 546 g/mol. The van der Waals surface area contributed by atoms with E-state index in [9.17, 15) is 0 Å². The number of ether oxygens (including phenoxy) is 1. The molecule has 1 aromatic carbocycles. The van der Waals surface area contributed by atoms with Crippen LogP contribution < -0.4 is 15.4 Å². The molecule has 2 aliphatic heterocycles. The Labute approximate surface area is 223 Å². The summed E-state index contributed by atoms with van der Waals surface area (Å²) in [6.45, 7) is 7.31. The largest absolute Gasteiger partial charge is 0.483 e. The van der Waals surface area contributed by atoms with Gasteiger partial charge < -0.3 is 15.4 Å². The molecule has 0 aliphatic carbocycles. The Bertz CT molecular complexity index is 1360. The lowest BCUT2D eigenvalue weighted by atomic mass is 9.87. The van der Waals surface area contributed by atoms with E-state index in [1.165, 1.54) is 43.2 Å². The van der Waals surface area contributed by atoms with E-state index in [0.717, 1.165) is 13.1 Å². The van der Waals surface area contributed by atoms with Crippen LogP contribution in [0.25, 0.3) is 0 Å². The van der Waals surface area contributed by atoms with Crippen molar-refractivity contribution in [3.8, 4) is 5.75 Å². The summed E-state index contributed by atoms with van der Waals surface area (Å²) in [5.41, 5.74) is 6.10. The first-order valence-corrected chi connectivity index (χ1v) is 12.6. The van der Waals surface area contributed by atoms with Crippen molar-refractivity contribution in [2.75, 3.05) is 36.8 Å². The molecular weight excluding hydrogens is 521 g/mol. The van der Waals surface area contributed by atoms with E-state index < -0.39 is 17.7 Å². The summed E-state index contributed by atoms with van der Waals surface area (Å²) >= 11 is 12.4. The number of halogens is 4. The van der Waals surface area contributed by atoms with Crippen LogP contribution in [0.2, 0.25) is 10.0 Å². The third kappa shape index (κ3) is 4.60. The van der Waals surface area contributed by atoms with Gasteiger partial charge in [-0.15, -0.1) is 0 Å². The third-order valence-electron chi connectivity index (χ3n) is 7.08. The van der Waals surface area contributed by atoms with E-state index >= 15 is 8.78 Å². The smallest absolute Gasteiger partial charge is 0.176 e. The molecule has 194 valence electrons. The first-order chi connectivity index (χ1) is 17.6. The number of aromatic nitrogens is 2. The Hall–Kier alpha value is -3.01. The normalized spacial score (nSPS) is 17.6. The number of nitrogens with two attached hydrogens (primary N) is 1. The predicted octanol–water partition coefficient (Wildman–Crippen LogP) is 5.48. The molecule has 0 saturated carbocycles. The van der Waals surface area contributed by atoms with Gasteiger partial charge in [-0.25, -0.2) is 13.8 Å². The van der Waals surface area contributed by atoms with Gasteiger partial charge in [-0.3, -0.25) is 15.3 Å². The minimum Gasteiger partial charge on any atom is -0.483 e. The summed E-state index contributed by atoms with van der Waals surface area (Å²) in [5, 5.41) is 9.15. The van der Waals surface area contributed by atoms with Gasteiger partial charge in [-0.2, -0.15) is 0 Å². The number of benzene rings is 1. The highest BCUT2D eigenvalue weighted by atomic mass is 35.5. The van der Waals surface area contributed by atoms with E-state index in [-0.39, 0.29) is 49.7 Å². The molecular formula is C26H26Cl2F2N6O. The van der Waals surface area contributed by atoms with Crippen LogP contribution in [0.1, 0.15) is 43.1 Å². The van der Waals surface area contributed by atoms with Crippen molar-refractivity contribution in [3.63, 3.8) is 0 Å². The lowest BCUT2D eigenvalue weighted by molar-refractivity contribution is 0.0203. The molecule has 2 fully saturated rings. The minimum absolute atomic E-state index is 0.0139. The highest BCUT2D eigenvalue weighted by Crippen LogP contribution is 2.37.